The lowest BCUT2D eigenvalue weighted by Crippen LogP contribution is -2.72. The van der Waals surface area contributed by atoms with Crippen LogP contribution in [0.15, 0.2) is 0 Å². The number of carboxylic acids is 3. The van der Waals surface area contributed by atoms with E-state index < -0.39 is 332 Å². The molecule has 26 N–H and O–H groups in total. The molecule has 0 aromatic heterocycles. The lowest BCUT2D eigenvalue weighted by Gasteiger charge is -2.53. The van der Waals surface area contributed by atoms with Crippen molar-refractivity contribution in [3.05, 3.63) is 0 Å². The standard InChI is InChI=1S/C90H158N4O42/c1-7-9-11-13-15-17-19-21-22-24-26-28-30-32-34-36-64(110)94-53(54(105)35-33-31-29-27-25-23-20-18-16-14-12-10-8-2)47-125-83-74(117)73(116)76(62(45-99)127-83)129-84-75(118)81(77(63(46-100)128-84)130-82-52(37-48(3)101)68(111)70(113)59(42-96)126-82)136-90(87(123)124)40-57(108)67(93-51(6)104)80(135-90)72(115)61(44-98)132-89(86(121)122)39-56(107)66(92-50(5)103)79(134-89)71(114)60(43-97)131-88(85(119)120)38-55(106)65(91-49(4)102)78(133-88)69(112)58(109)41-95/h52-63,65-84,95-100,105-109,111-118H,7-47H2,1-6H3,(H,91,102)(H,92,103)(H,93,104)(H,94,110)(H,119,120)(H,121,122)(H,123,124)/t52-,53+,54-,55+,56+,57+,58-,59-,60-,61-,62-,63-,65-,66-,67-,68-,69-,70+,71-,72-,73-,74-,75-,76-,77+,78?,79?,80?,81-,82+,83-,84+,88-,89-,90+/m1/s1. The molecule has 46 nitrogen and oxygen atoms in total. The molecule has 0 bridgehead atoms. The summed E-state index contributed by atoms with van der Waals surface area (Å²) in [6, 6.07) is -7.19. The molecule has 0 saturated carbocycles. The number of aliphatic hydroxyl groups excluding tert-OH is 19. The monoisotopic (exact) mass is 1970 g/mol. The Morgan fingerprint density at radius 3 is 1.15 bits per heavy atom. The maximum absolute atomic E-state index is 14.4. The summed E-state index contributed by atoms with van der Waals surface area (Å²) < 4.78 is 72.0. The normalized spacial score (nSPS) is 33.9. The Morgan fingerprint density at radius 1 is 0.390 bits per heavy atom. The van der Waals surface area contributed by atoms with Crippen molar-refractivity contribution in [3.63, 3.8) is 0 Å². The Kier molecular flexibility index (Phi) is 52.4. The Bertz CT molecular complexity index is 3520. The van der Waals surface area contributed by atoms with Gasteiger partial charge in [-0.15, -0.1) is 0 Å². The number of unbranched alkanes of at least 4 members (excludes halogenated alkanes) is 26. The molecule has 6 rings (SSSR count). The maximum atomic E-state index is 14.4. The van der Waals surface area contributed by atoms with Gasteiger partial charge in [0.25, 0.3) is 17.4 Å². The number of aliphatic hydroxyl groups is 19. The van der Waals surface area contributed by atoms with Crippen LogP contribution in [0.4, 0.5) is 0 Å². The Balaban J connectivity index is 1.31. The Hall–Kier alpha value is -5.28. The molecule has 0 aromatic rings. The fourth-order valence-electron chi connectivity index (χ4n) is 18.6. The van der Waals surface area contributed by atoms with E-state index in [-0.39, 0.29) is 12.8 Å². The highest BCUT2D eigenvalue weighted by atomic mass is 16.8. The third kappa shape index (κ3) is 34.5. The first-order valence-electron chi connectivity index (χ1n) is 48.4. The van der Waals surface area contributed by atoms with Crippen LogP contribution in [0, 0.1) is 5.92 Å². The second-order valence-corrected chi connectivity index (χ2v) is 37.1. The molecule has 6 aliphatic rings. The van der Waals surface area contributed by atoms with Crippen LogP contribution in [-0.4, -0.2) is 413 Å². The molecule has 0 spiro atoms. The third-order valence-corrected chi connectivity index (χ3v) is 26.1. The molecule has 35 atom stereocenters. The molecule has 4 amide bonds. The zero-order chi connectivity index (χ0) is 101. The minimum atomic E-state index is -3.70. The summed E-state index contributed by atoms with van der Waals surface area (Å²) >= 11 is 0. The smallest absolute Gasteiger partial charge is 0.364 e. The van der Waals surface area contributed by atoms with Crippen LogP contribution < -0.4 is 21.3 Å². The molecule has 790 valence electrons. The lowest BCUT2D eigenvalue weighted by atomic mass is 9.86. The minimum absolute atomic E-state index is 0.107. The minimum Gasteiger partial charge on any atom is -0.477 e. The quantitative estimate of drug-likeness (QED) is 0.0267. The van der Waals surface area contributed by atoms with E-state index in [0.717, 1.165) is 98.3 Å². The summed E-state index contributed by atoms with van der Waals surface area (Å²) in [7, 11) is 0. The molecule has 3 unspecified atom stereocenters. The van der Waals surface area contributed by atoms with Crippen LogP contribution in [0.3, 0.4) is 0 Å². The number of carbonyl (C=O) groups excluding carboxylic acids is 5. The molecule has 136 heavy (non-hydrogen) atoms. The average Bonchev–Trinajstić information content (AvgIpc) is 0.732. The van der Waals surface area contributed by atoms with E-state index in [0.29, 0.717) is 12.8 Å². The largest absolute Gasteiger partial charge is 0.477 e. The first-order valence-corrected chi connectivity index (χ1v) is 48.4. The predicted octanol–water partition coefficient (Wildman–Crippen LogP) is -3.20. The van der Waals surface area contributed by atoms with Crippen molar-refractivity contribution in [2.24, 2.45) is 5.92 Å². The fourth-order valence-corrected chi connectivity index (χ4v) is 18.6. The van der Waals surface area contributed by atoms with Crippen molar-refractivity contribution < 1.29 is 208 Å². The molecule has 46 heteroatoms. The van der Waals surface area contributed by atoms with E-state index in [4.69, 9.17) is 56.8 Å². The second-order valence-electron chi connectivity index (χ2n) is 37.1. The number of hydrogen-bond acceptors (Lipinski definition) is 39. The zero-order valence-corrected chi connectivity index (χ0v) is 79.0. The van der Waals surface area contributed by atoms with Gasteiger partial charge in [-0.3, -0.25) is 19.2 Å². The summed E-state index contributed by atoms with van der Waals surface area (Å²) in [4.78, 5) is 107. The number of aliphatic carboxylic acids is 3. The van der Waals surface area contributed by atoms with E-state index in [1.165, 1.54) is 96.3 Å². The van der Waals surface area contributed by atoms with Crippen LogP contribution in [-0.2, 0) is 95.2 Å². The van der Waals surface area contributed by atoms with Crippen molar-refractivity contribution >= 4 is 47.3 Å². The zero-order valence-electron chi connectivity index (χ0n) is 79.0. The number of carboxylic acid groups (broad SMARTS) is 3. The molecule has 0 radical (unpaired) electrons. The highest BCUT2D eigenvalue weighted by Gasteiger charge is 2.65. The van der Waals surface area contributed by atoms with Crippen LogP contribution >= 0.6 is 0 Å². The molecule has 6 fully saturated rings. The first kappa shape index (κ1) is 119. The lowest BCUT2D eigenvalue weighted by molar-refractivity contribution is -0.404. The number of hydrogen-bond donors (Lipinski definition) is 26. The molecule has 0 aromatic carbocycles. The van der Waals surface area contributed by atoms with E-state index >= 15 is 0 Å². The molecule has 6 saturated heterocycles. The maximum Gasteiger partial charge on any atom is 0.364 e. The Labute approximate surface area is 792 Å². The first-order chi connectivity index (χ1) is 64.6. The third-order valence-electron chi connectivity index (χ3n) is 26.1. The number of rotatable bonds is 65. The summed E-state index contributed by atoms with van der Waals surface area (Å²) in [5.41, 5.74) is 0. The van der Waals surface area contributed by atoms with Crippen molar-refractivity contribution in [1.29, 1.82) is 0 Å². The van der Waals surface area contributed by atoms with Crippen molar-refractivity contribution in [3.8, 4) is 0 Å². The molecule has 6 aliphatic heterocycles. The fraction of sp³-hybridized carbons (Fsp3) is 0.911. The highest BCUT2D eigenvalue weighted by Crippen LogP contribution is 2.45. The van der Waals surface area contributed by atoms with E-state index in [1.807, 2.05) is 0 Å². The van der Waals surface area contributed by atoms with Crippen molar-refractivity contribution in [1.82, 2.24) is 21.3 Å². The number of ketones is 1. The van der Waals surface area contributed by atoms with Crippen molar-refractivity contribution in [2.75, 3.05) is 46.2 Å². The topological polar surface area (TPSA) is 741 Å². The van der Waals surface area contributed by atoms with Gasteiger partial charge in [0.15, 0.2) is 18.9 Å². The van der Waals surface area contributed by atoms with E-state index in [9.17, 15) is 151 Å². The van der Waals surface area contributed by atoms with E-state index in [2.05, 4.69) is 35.1 Å². The summed E-state index contributed by atoms with van der Waals surface area (Å²) in [5, 5.41) is 261. The molecule has 0 aliphatic carbocycles. The van der Waals surface area contributed by atoms with Gasteiger partial charge in [0.05, 0.1) is 101 Å². The molecular weight excluding hydrogens is 1810 g/mol. The average molecular weight is 1970 g/mol. The predicted molar refractivity (Wildman–Crippen MR) is 470 cm³/mol. The van der Waals surface area contributed by atoms with Gasteiger partial charge in [0.2, 0.25) is 23.6 Å². The highest BCUT2D eigenvalue weighted by molar-refractivity contribution is 5.79. The number of nitrogens with one attached hydrogen (secondary N) is 4. The summed E-state index contributed by atoms with van der Waals surface area (Å²) in [6.45, 7) is -0.514. The van der Waals surface area contributed by atoms with Crippen molar-refractivity contribution in [2.45, 2.75) is 467 Å². The second kappa shape index (κ2) is 59.7. The summed E-state index contributed by atoms with van der Waals surface area (Å²) in [5.74, 6) is -23.5. The SMILES string of the molecule is CCCCCCCCCCCCCCCCCC(=O)N[C@@H](CO[C@@H]1O[C@H](CO)[C@@H](O[C@@H]2O[C@H](CO)[C@H](O[C@@H]3O[C@H](CO)[C@H](O)[C@H](O)[C@H]3CC(C)=O)[C@H](O[C@]3(C(=O)O)C[C@H](O)[C@@H](NC(C)=O)C([C@H](O)[C@@H](CO)O[C@]4(C(=O)O)C[C@H](O)[C@@H](NC(C)=O)C([C@H](O)[C@@H](CO)O[C@]5(C(=O)O)C[C@H](O)[C@@H](NC(C)=O)C([C@H](O)[C@H](O)CO)O5)O4)O3)[C@H]2O)[C@H](O)[C@H]1O)[C@H](O)CCCCCCCCCCCCCCC. The van der Waals surface area contributed by atoms with Gasteiger partial charge in [0.1, 0.15) is 122 Å². The van der Waals surface area contributed by atoms with Gasteiger partial charge >= 0.3 is 17.9 Å². The van der Waals surface area contributed by atoms with Crippen LogP contribution in [0.1, 0.15) is 260 Å². The number of Topliss-reactive ketones (excluding diaryl/α,β-unsaturated/α-hetero) is 1. The Morgan fingerprint density at radius 2 is 0.757 bits per heavy atom. The molecular formula is C90H158N4O42. The van der Waals surface area contributed by atoms with Gasteiger partial charge in [-0.2, -0.15) is 0 Å². The van der Waals surface area contributed by atoms with Gasteiger partial charge in [-0.1, -0.05) is 187 Å². The van der Waals surface area contributed by atoms with Gasteiger partial charge < -0.3 is 195 Å². The molecule has 6 heterocycles. The van der Waals surface area contributed by atoms with Gasteiger partial charge in [0, 0.05) is 58.8 Å². The van der Waals surface area contributed by atoms with Gasteiger partial charge in [-0.05, 0) is 19.8 Å². The summed E-state index contributed by atoms with van der Waals surface area (Å²) in [6.07, 6.45) is -35.6. The van der Waals surface area contributed by atoms with Crippen LogP contribution in [0.5, 0.6) is 0 Å². The van der Waals surface area contributed by atoms with Crippen LogP contribution in [0.2, 0.25) is 0 Å². The number of carbonyl (C=O) groups is 8. The number of amides is 4. The number of ether oxygens (including phenoxy) is 12. The van der Waals surface area contributed by atoms with E-state index in [1.54, 1.807) is 0 Å². The van der Waals surface area contributed by atoms with Gasteiger partial charge in [-0.25, -0.2) is 14.4 Å². The van der Waals surface area contributed by atoms with Crippen LogP contribution in [0.25, 0.3) is 0 Å².